The van der Waals surface area contributed by atoms with Crippen molar-refractivity contribution in [1.29, 1.82) is 0 Å². The molecule has 2 heterocycles. The molecule has 15 heteroatoms. The molecule has 0 bridgehead atoms. The molecule has 4 aromatic rings. The van der Waals surface area contributed by atoms with Crippen LogP contribution in [0.25, 0.3) is 28.0 Å². The highest BCUT2D eigenvalue weighted by molar-refractivity contribution is 5.83. The number of ether oxygens (including phenoxy) is 1. The first-order valence-corrected chi connectivity index (χ1v) is 14.4. The summed E-state index contributed by atoms with van der Waals surface area (Å²) >= 11 is 0. The second-order valence-corrected chi connectivity index (χ2v) is 10.8. The number of nitrogens with zero attached hydrogens (tertiary/aromatic N) is 3. The third kappa shape index (κ3) is 9.26. The minimum atomic E-state index is -5.08. The van der Waals surface area contributed by atoms with Crippen LogP contribution in [-0.4, -0.2) is 52.0 Å². The highest BCUT2D eigenvalue weighted by Crippen LogP contribution is 2.35. The minimum absolute atomic E-state index is 0.000985. The molecule has 0 fully saturated rings. The van der Waals surface area contributed by atoms with Gasteiger partial charge in [-0.1, -0.05) is 12.1 Å². The predicted molar refractivity (Wildman–Crippen MR) is 165 cm³/mol. The lowest BCUT2D eigenvalue weighted by molar-refractivity contribution is -0.275. The molecule has 2 atom stereocenters. The summed E-state index contributed by atoms with van der Waals surface area (Å²) in [5.74, 6) is -2.11. The molecule has 0 radical (unpaired) electrons. The Kier molecular flexibility index (Phi) is 10.8. The number of nitrogens with two attached hydrogens (primary N) is 4. The van der Waals surface area contributed by atoms with Crippen molar-refractivity contribution in [3.63, 3.8) is 0 Å². The highest BCUT2D eigenvalue weighted by Gasteiger charge is 2.33. The normalized spacial score (nSPS) is 13.1. The molecule has 0 aliphatic carbocycles. The zero-order valence-electron chi connectivity index (χ0n) is 24.7. The molecule has 2 aromatic heterocycles. The number of benzene rings is 2. The quantitative estimate of drug-likeness (QED) is 0.0695. The topological polar surface area (TPSA) is 188 Å². The van der Waals surface area contributed by atoms with E-state index in [1.807, 2.05) is 19.1 Å². The first kappa shape index (κ1) is 33.4. The van der Waals surface area contributed by atoms with Crippen molar-refractivity contribution in [2.75, 3.05) is 13.1 Å². The molecular weight excluding hydrogens is 594 g/mol. The van der Waals surface area contributed by atoms with Crippen molar-refractivity contribution in [2.45, 2.75) is 57.6 Å². The van der Waals surface area contributed by atoms with Gasteiger partial charge in [0.2, 0.25) is 0 Å². The molecule has 0 saturated heterocycles. The lowest BCUT2D eigenvalue weighted by Crippen LogP contribution is -2.36. The van der Waals surface area contributed by atoms with E-state index in [1.165, 1.54) is 22.9 Å². The molecule has 2 aromatic carbocycles. The maximum atomic E-state index is 15.4. The van der Waals surface area contributed by atoms with Crippen molar-refractivity contribution in [1.82, 2.24) is 19.9 Å². The van der Waals surface area contributed by atoms with Gasteiger partial charge in [-0.25, -0.2) is 9.18 Å². The fourth-order valence-electron chi connectivity index (χ4n) is 4.84. The Balaban J connectivity index is 1.58. The number of aromatic amines is 1. The molecule has 0 unspecified atom stereocenters. The number of fused-ring (bicyclic) bond motifs is 1. The summed E-state index contributed by atoms with van der Waals surface area (Å²) < 4.78 is 59.9. The zero-order chi connectivity index (χ0) is 32.7. The van der Waals surface area contributed by atoms with Gasteiger partial charge in [0.15, 0.2) is 17.5 Å². The predicted octanol–water partition coefficient (Wildman–Crippen LogP) is 3.17. The van der Waals surface area contributed by atoms with E-state index in [-0.39, 0.29) is 34.9 Å². The second kappa shape index (κ2) is 14.5. The third-order valence-electron chi connectivity index (χ3n) is 7.11. The number of guanidine groups is 1. The highest BCUT2D eigenvalue weighted by atomic mass is 19.4. The number of aliphatic imine (C=N–C) groups is 1. The smallest absolute Gasteiger partial charge is 0.403 e. The lowest BCUT2D eigenvalue weighted by Gasteiger charge is -2.16. The number of alkyl halides is 3. The lowest BCUT2D eigenvalue weighted by atomic mass is 10.0. The van der Waals surface area contributed by atoms with Crippen LogP contribution in [0.1, 0.15) is 37.3 Å². The summed E-state index contributed by atoms with van der Waals surface area (Å²) in [5.41, 5.74) is 23.8. The van der Waals surface area contributed by atoms with Gasteiger partial charge < -0.3 is 38.0 Å². The van der Waals surface area contributed by atoms with Crippen LogP contribution >= 0.6 is 0 Å². The van der Waals surface area contributed by atoms with Crippen molar-refractivity contribution < 1.29 is 22.3 Å². The molecule has 4 rings (SSSR count). The molecule has 0 spiro atoms. The van der Waals surface area contributed by atoms with E-state index in [0.717, 1.165) is 11.6 Å². The van der Waals surface area contributed by atoms with Gasteiger partial charge in [0.25, 0.3) is 0 Å². The van der Waals surface area contributed by atoms with E-state index in [2.05, 4.69) is 25.0 Å². The molecule has 242 valence electrons. The number of nitrogens with one attached hydrogen (secondary N) is 2. The van der Waals surface area contributed by atoms with Crippen LogP contribution in [-0.2, 0) is 13.0 Å². The van der Waals surface area contributed by atoms with Crippen molar-refractivity contribution in [2.24, 2.45) is 27.9 Å². The second-order valence-electron chi connectivity index (χ2n) is 10.8. The Labute approximate surface area is 256 Å². The first-order chi connectivity index (χ1) is 21.3. The van der Waals surface area contributed by atoms with Gasteiger partial charge in [0.05, 0.1) is 11.4 Å². The Bertz CT molecular complexity index is 1680. The number of aryl methyl sites for hydroxylation is 1. The van der Waals surface area contributed by atoms with E-state index in [1.54, 1.807) is 12.1 Å². The third-order valence-corrected chi connectivity index (χ3v) is 7.11. The van der Waals surface area contributed by atoms with Gasteiger partial charge in [-0.2, -0.15) is 4.98 Å². The summed E-state index contributed by atoms with van der Waals surface area (Å²) in [7, 11) is 0. The Morgan fingerprint density at radius 1 is 1.13 bits per heavy atom. The van der Waals surface area contributed by atoms with E-state index in [9.17, 15) is 18.0 Å². The summed E-state index contributed by atoms with van der Waals surface area (Å²) in [6.07, 6.45) is -1.31. The van der Waals surface area contributed by atoms with Gasteiger partial charge in [-0.3, -0.25) is 9.56 Å². The standard InChI is InChI=1S/C30H37F4N9O2/c1-17(36)3-2-4-19-11-23(26(31)25(12-19)45-30(32,33)34)24-13-20-16-43(29(44)42-27(20)41-24)22-7-5-18(6-8-22)15-40-21(14-35)9-10-39-28(37)38/h5-8,11-13,16-17,21,40H,2-4,9-10,14-15,35-36H2,1H3,(H4,37,38,39)(H,41,42,44)/t17-,21+/m0/s1. The maximum absolute atomic E-state index is 15.4. The van der Waals surface area contributed by atoms with Crippen LogP contribution in [0.2, 0.25) is 0 Å². The van der Waals surface area contributed by atoms with E-state index >= 15 is 4.39 Å². The van der Waals surface area contributed by atoms with Crippen LogP contribution in [0.15, 0.2) is 58.4 Å². The van der Waals surface area contributed by atoms with Crippen molar-refractivity contribution in [3.8, 4) is 22.7 Å². The average molecular weight is 632 g/mol. The molecule has 10 N–H and O–H groups in total. The van der Waals surface area contributed by atoms with Gasteiger partial charge in [0, 0.05) is 48.9 Å². The summed E-state index contributed by atoms with van der Waals surface area (Å²) in [6, 6.07) is 11.1. The Hall–Kier alpha value is -4.47. The van der Waals surface area contributed by atoms with Crippen LogP contribution in [0, 0.1) is 5.82 Å². The molecule has 0 aliphatic heterocycles. The molecule has 0 amide bonds. The maximum Gasteiger partial charge on any atom is 0.573 e. The van der Waals surface area contributed by atoms with Gasteiger partial charge in [-0.05, 0) is 74.1 Å². The number of rotatable bonds is 14. The van der Waals surface area contributed by atoms with Crippen molar-refractivity contribution in [3.05, 3.63) is 76.1 Å². The Morgan fingerprint density at radius 2 is 1.87 bits per heavy atom. The number of halogens is 4. The van der Waals surface area contributed by atoms with Crippen LogP contribution in [0.5, 0.6) is 5.75 Å². The molecule has 0 saturated carbocycles. The van der Waals surface area contributed by atoms with Gasteiger partial charge >= 0.3 is 12.1 Å². The van der Waals surface area contributed by atoms with Crippen molar-refractivity contribution >= 4 is 17.0 Å². The molecule has 11 nitrogen and oxygen atoms in total. The van der Waals surface area contributed by atoms with Gasteiger partial charge in [-0.15, -0.1) is 13.2 Å². The zero-order valence-corrected chi connectivity index (χ0v) is 24.7. The number of aromatic nitrogens is 3. The summed E-state index contributed by atoms with van der Waals surface area (Å²) in [6.45, 7) is 3.19. The van der Waals surface area contributed by atoms with Crippen LogP contribution in [0.3, 0.4) is 0 Å². The fourth-order valence-corrected chi connectivity index (χ4v) is 4.84. The minimum Gasteiger partial charge on any atom is -0.403 e. The first-order valence-electron chi connectivity index (χ1n) is 14.4. The molecule has 0 aliphatic rings. The molecule has 45 heavy (non-hydrogen) atoms. The van der Waals surface area contributed by atoms with Crippen LogP contribution in [0.4, 0.5) is 17.6 Å². The van der Waals surface area contributed by atoms with E-state index in [0.29, 0.717) is 62.0 Å². The average Bonchev–Trinajstić information content (AvgIpc) is 3.37. The summed E-state index contributed by atoms with van der Waals surface area (Å²) in [5, 5.41) is 3.79. The number of H-pyrrole nitrogens is 1. The van der Waals surface area contributed by atoms with E-state index < -0.39 is 23.6 Å². The SMILES string of the molecule is C[C@H](N)CCCc1cc(OC(F)(F)F)c(F)c(-c2cc3cn(-c4ccc(CN[C@@H](CN)CCN=C(N)N)cc4)c(=O)nc3[nH]2)c1. The van der Waals surface area contributed by atoms with Crippen LogP contribution < -0.4 is 38.7 Å². The largest absolute Gasteiger partial charge is 0.573 e. The number of hydrogen-bond acceptors (Lipinski definition) is 7. The number of hydrogen-bond donors (Lipinski definition) is 6. The van der Waals surface area contributed by atoms with Gasteiger partial charge in [0.1, 0.15) is 5.65 Å². The van der Waals surface area contributed by atoms with E-state index in [4.69, 9.17) is 22.9 Å². The summed E-state index contributed by atoms with van der Waals surface area (Å²) in [4.78, 5) is 23.8. The molecular formula is C30H37F4N9O2. The monoisotopic (exact) mass is 631 g/mol. The fraction of sp³-hybridized carbons (Fsp3) is 0.367. The Morgan fingerprint density at radius 3 is 2.51 bits per heavy atom.